The minimum atomic E-state index is 0.488. The van der Waals surface area contributed by atoms with E-state index in [4.69, 9.17) is 0 Å². The Balaban J connectivity index is 2.09. The highest BCUT2D eigenvalue weighted by Gasteiger charge is 2.20. The fourth-order valence-corrected chi connectivity index (χ4v) is 3.61. The number of aryl methyl sites for hydroxylation is 1. The van der Waals surface area contributed by atoms with Gasteiger partial charge in [-0.1, -0.05) is 65.7 Å². The topological polar surface area (TPSA) is 12.0 Å². The van der Waals surface area contributed by atoms with Crippen LogP contribution in [0.3, 0.4) is 0 Å². The molecule has 1 nitrogen and oxygen atoms in total. The molecule has 1 atom stereocenters. The summed E-state index contributed by atoms with van der Waals surface area (Å²) in [6.07, 6.45) is 8.41. The molecule has 2 heteroatoms. The van der Waals surface area contributed by atoms with Crippen LogP contribution in [-0.2, 0) is 0 Å². The lowest BCUT2D eigenvalue weighted by molar-refractivity contribution is 0.305. The molecule has 0 spiro atoms. The van der Waals surface area contributed by atoms with Gasteiger partial charge in [0.2, 0.25) is 0 Å². The lowest BCUT2D eigenvalue weighted by Gasteiger charge is -2.27. The molecular weight excluding hydrogens is 286 g/mol. The van der Waals surface area contributed by atoms with Crippen LogP contribution in [0.2, 0.25) is 0 Å². The summed E-state index contributed by atoms with van der Waals surface area (Å²) >= 11 is 3.70. The molecule has 0 aliphatic heterocycles. The third-order valence-corrected chi connectivity index (χ3v) is 4.89. The SMILES string of the molecule is CNC(CC1CCCCC1)c1cc(C)ccc1Br. The average molecular weight is 310 g/mol. The Hall–Kier alpha value is -0.340. The Bertz CT molecular complexity index is 383. The standard InChI is InChI=1S/C16H24BrN/c1-12-8-9-15(17)14(10-12)16(18-2)11-13-6-4-3-5-7-13/h8-10,13,16,18H,3-7,11H2,1-2H3. The summed E-state index contributed by atoms with van der Waals surface area (Å²) in [5.74, 6) is 0.906. The molecule has 0 radical (unpaired) electrons. The molecule has 1 aliphatic carbocycles. The molecule has 1 saturated carbocycles. The molecule has 2 rings (SSSR count). The number of benzene rings is 1. The third-order valence-electron chi connectivity index (χ3n) is 4.17. The highest BCUT2D eigenvalue weighted by Crippen LogP contribution is 2.34. The van der Waals surface area contributed by atoms with E-state index in [1.54, 1.807) is 0 Å². The predicted molar refractivity (Wildman–Crippen MR) is 81.9 cm³/mol. The normalized spacial score (nSPS) is 18.8. The Morgan fingerprint density at radius 1 is 1.28 bits per heavy atom. The predicted octanol–water partition coefficient (Wildman–Crippen LogP) is 4.99. The van der Waals surface area contributed by atoms with Crippen LogP contribution >= 0.6 is 15.9 Å². The zero-order valence-corrected chi connectivity index (χ0v) is 13.1. The molecular formula is C16H24BrN. The zero-order valence-electron chi connectivity index (χ0n) is 11.5. The fourth-order valence-electron chi connectivity index (χ4n) is 3.09. The Morgan fingerprint density at radius 2 is 2.00 bits per heavy atom. The highest BCUT2D eigenvalue weighted by molar-refractivity contribution is 9.10. The Labute approximate surface area is 119 Å². The number of rotatable bonds is 4. The lowest BCUT2D eigenvalue weighted by atomic mass is 9.83. The quantitative estimate of drug-likeness (QED) is 0.826. The van der Waals surface area contributed by atoms with Crippen molar-refractivity contribution in [1.29, 1.82) is 0 Å². The monoisotopic (exact) mass is 309 g/mol. The number of halogens is 1. The van der Waals surface area contributed by atoms with Crippen molar-refractivity contribution >= 4 is 15.9 Å². The van der Waals surface area contributed by atoms with E-state index < -0.39 is 0 Å². The molecule has 18 heavy (non-hydrogen) atoms. The van der Waals surface area contributed by atoms with Gasteiger partial charge in [0, 0.05) is 10.5 Å². The maximum atomic E-state index is 3.70. The van der Waals surface area contributed by atoms with Gasteiger partial charge in [0.15, 0.2) is 0 Å². The van der Waals surface area contributed by atoms with Gasteiger partial charge in [0.05, 0.1) is 0 Å². The van der Waals surface area contributed by atoms with Crippen LogP contribution < -0.4 is 5.32 Å². The molecule has 1 N–H and O–H groups in total. The first kappa shape index (κ1) is 14.1. The summed E-state index contributed by atoms with van der Waals surface area (Å²) in [5.41, 5.74) is 2.76. The van der Waals surface area contributed by atoms with Crippen LogP contribution in [0.25, 0.3) is 0 Å². The van der Waals surface area contributed by atoms with E-state index >= 15 is 0 Å². The van der Waals surface area contributed by atoms with E-state index in [1.165, 1.54) is 54.1 Å². The largest absolute Gasteiger partial charge is 0.313 e. The van der Waals surface area contributed by atoms with Crippen molar-refractivity contribution in [2.75, 3.05) is 7.05 Å². The molecule has 1 aromatic carbocycles. The molecule has 0 saturated heterocycles. The molecule has 0 bridgehead atoms. The van der Waals surface area contributed by atoms with Gasteiger partial charge in [-0.3, -0.25) is 0 Å². The van der Waals surface area contributed by atoms with Gasteiger partial charge in [0.1, 0.15) is 0 Å². The summed E-state index contributed by atoms with van der Waals surface area (Å²) < 4.78 is 1.24. The van der Waals surface area contributed by atoms with Crippen molar-refractivity contribution in [2.45, 2.75) is 51.5 Å². The summed E-state index contributed by atoms with van der Waals surface area (Å²) in [5, 5.41) is 3.50. The Kier molecular flexibility index (Phi) is 5.25. The van der Waals surface area contributed by atoms with Crippen LogP contribution in [0.1, 0.15) is 55.7 Å². The maximum absolute atomic E-state index is 3.70. The van der Waals surface area contributed by atoms with E-state index in [2.05, 4.69) is 53.4 Å². The Morgan fingerprint density at radius 3 is 2.67 bits per heavy atom. The van der Waals surface area contributed by atoms with Crippen LogP contribution in [0.4, 0.5) is 0 Å². The molecule has 1 aromatic rings. The smallest absolute Gasteiger partial charge is 0.0331 e. The van der Waals surface area contributed by atoms with Crippen LogP contribution in [0.5, 0.6) is 0 Å². The first-order valence-electron chi connectivity index (χ1n) is 7.14. The molecule has 0 amide bonds. The van der Waals surface area contributed by atoms with Gasteiger partial charge >= 0.3 is 0 Å². The zero-order chi connectivity index (χ0) is 13.0. The average Bonchev–Trinajstić information content (AvgIpc) is 2.40. The van der Waals surface area contributed by atoms with Gasteiger partial charge in [-0.15, -0.1) is 0 Å². The number of hydrogen-bond acceptors (Lipinski definition) is 1. The molecule has 1 unspecified atom stereocenters. The van der Waals surface area contributed by atoms with Gasteiger partial charge in [-0.2, -0.15) is 0 Å². The lowest BCUT2D eigenvalue weighted by Crippen LogP contribution is -2.21. The van der Waals surface area contributed by atoms with Gasteiger partial charge in [-0.05, 0) is 37.9 Å². The second-order valence-corrected chi connectivity index (χ2v) is 6.46. The van der Waals surface area contributed by atoms with Crippen LogP contribution in [0, 0.1) is 12.8 Å². The summed E-state index contributed by atoms with van der Waals surface area (Å²) in [6, 6.07) is 7.15. The van der Waals surface area contributed by atoms with E-state index in [9.17, 15) is 0 Å². The van der Waals surface area contributed by atoms with E-state index in [0.29, 0.717) is 6.04 Å². The molecule has 0 heterocycles. The van der Waals surface area contributed by atoms with Crippen LogP contribution in [-0.4, -0.2) is 7.05 Å². The molecule has 0 aromatic heterocycles. The van der Waals surface area contributed by atoms with Crippen molar-refractivity contribution < 1.29 is 0 Å². The van der Waals surface area contributed by atoms with Crippen LogP contribution in [0.15, 0.2) is 22.7 Å². The van der Waals surface area contributed by atoms with Crippen molar-refractivity contribution in [1.82, 2.24) is 5.32 Å². The first-order valence-corrected chi connectivity index (χ1v) is 7.93. The molecule has 100 valence electrons. The van der Waals surface area contributed by atoms with Gasteiger partial charge in [0.25, 0.3) is 0 Å². The summed E-state index contributed by atoms with van der Waals surface area (Å²) in [6.45, 7) is 2.17. The second-order valence-electron chi connectivity index (χ2n) is 5.61. The van der Waals surface area contributed by atoms with Crippen molar-refractivity contribution in [3.8, 4) is 0 Å². The van der Waals surface area contributed by atoms with Crippen molar-refractivity contribution in [2.24, 2.45) is 5.92 Å². The van der Waals surface area contributed by atoms with Crippen molar-refractivity contribution in [3.63, 3.8) is 0 Å². The van der Waals surface area contributed by atoms with E-state index in [0.717, 1.165) is 5.92 Å². The summed E-state index contributed by atoms with van der Waals surface area (Å²) in [7, 11) is 2.09. The number of nitrogens with one attached hydrogen (secondary N) is 1. The van der Waals surface area contributed by atoms with Gasteiger partial charge in [-0.25, -0.2) is 0 Å². The first-order chi connectivity index (χ1) is 8.70. The van der Waals surface area contributed by atoms with E-state index in [-0.39, 0.29) is 0 Å². The highest BCUT2D eigenvalue weighted by atomic mass is 79.9. The molecule has 1 aliphatic rings. The minimum absolute atomic E-state index is 0.488. The second kappa shape index (κ2) is 6.72. The number of hydrogen-bond donors (Lipinski definition) is 1. The van der Waals surface area contributed by atoms with Crippen molar-refractivity contribution in [3.05, 3.63) is 33.8 Å². The summed E-state index contributed by atoms with van der Waals surface area (Å²) in [4.78, 5) is 0. The van der Waals surface area contributed by atoms with Gasteiger partial charge < -0.3 is 5.32 Å². The van der Waals surface area contributed by atoms with E-state index in [1.807, 2.05) is 0 Å². The third kappa shape index (κ3) is 3.58. The molecule has 1 fully saturated rings. The minimum Gasteiger partial charge on any atom is -0.313 e. The maximum Gasteiger partial charge on any atom is 0.0331 e. The fraction of sp³-hybridized carbons (Fsp3) is 0.625.